The molecule has 0 fully saturated rings. The summed E-state index contributed by atoms with van der Waals surface area (Å²) in [6.07, 6.45) is 3.39. The van der Waals surface area contributed by atoms with Crippen molar-refractivity contribution in [2.24, 2.45) is 0 Å². The number of hydrogen-bond donors (Lipinski definition) is 2. The largest absolute Gasteiger partial charge is 0.506 e. The summed E-state index contributed by atoms with van der Waals surface area (Å²) >= 11 is 12.6. The molecule has 0 saturated carbocycles. The number of allylic oxidation sites excluding steroid dienone is 6. The smallest absolute Gasteiger partial charge is 0.201 e. The van der Waals surface area contributed by atoms with E-state index < -0.39 is 0 Å². The van der Waals surface area contributed by atoms with Gasteiger partial charge in [-0.3, -0.25) is 4.79 Å². The molecule has 2 aromatic rings. The van der Waals surface area contributed by atoms with Gasteiger partial charge in [0.25, 0.3) is 0 Å². The monoisotopic (exact) mass is 519 g/mol. The Morgan fingerprint density at radius 2 is 1.50 bits per heavy atom. The van der Waals surface area contributed by atoms with E-state index in [1.807, 2.05) is 50.2 Å². The Morgan fingerprint density at radius 1 is 0.889 bits per heavy atom. The molecular weight excluding hydrogens is 489 g/mol. The summed E-state index contributed by atoms with van der Waals surface area (Å²) in [5.74, 6) is 0.00412. The van der Waals surface area contributed by atoms with Crippen molar-refractivity contribution < 1.29 is 9.90 Å². The SMILES string of the molecule is CC/C(C1=Cc2ccc(Cl)cc2C1(C)C)=C1\C(=O)C(C(/CC)=C2/Nc3ccc(Cl)cc3C2(C)C)=C1O. The first kappa shape index (κ1) is 24.9. The van der Waals surface area contributed by atoms with Crippen LogP contribution >= 0.6 is 23.2 Å². The van der Waals surface area contributed by atoms with Crippen LogP contribution in [0.15, 0.2) is 75.7 Å². The molecule has 36 heavy (non-hydrogen) atoms. The van der Waals surface area contributed by atoms with Crippen LogP contribution in [-0.4, -0.2) is 10.9 Å². The average molecular weight is 521 g/mol. The number of rotatable bonds is 4. The lowest BCUT2D eigenvalue weighted by atomic mass is 9.71. The molecule has 186 valence electrons. The van der Waals surface area contributed by atoms with Crippen molar-refractivity contribution in [1.29, 1.82) is 0 Å². The minimum Gasteiger partial charge on any atom is -0.506 e. The van der Waals surface area contributed by atoms with Crippen molar-refractivity contribution in [3.63, 3.8) is 0 Å². The normalized spacial score (nSPS) is 22.0. The maximum Gasteiger partial charge on any atom is 0.201 e. The van der Waals surface area contributed by atoms with E-state index >= 15 is 0 Å². The molecule has 0 bridgehead atoms. The van der Waals surface area contributed by atoms with Crippen LogP contribution in [0.25, 0.3) is 6.08 Å². The van der Waals surface area contributed by atoms with Crippen LogP contribution in [0, 0.1) is 0 Å². The highest BCUT2D eigenvalue weighted by Gasteiger charge is 2.45. The van der Waals surface area contributed by atoms with Crippen LogP contribution in [0.3, 0.4) is 0 Å². The third-order valence-electron chi connectivity index (χ3n) is 8.07. The summed E-state index contributed by atoms with van der Waals surface area (Å²) in [7, 11) is 0. The van der Waals surface area contributed by atoms with Gasteiger partial charge in [0.2, 0.25) is 5.78 Å². The van der Waals surface area contributed by atoms with Gasteiger partial charge in [0.05, 0.1) is 11.1 Å². The number of Topliss-reactive ketones (excluding diaryl/α,β-unsaturated/α-hetero) is 1. The summed E-state index contributed by atoms with van der Waals surface area (Å²) in [6.45, 7) is 12.6. The fourth-order valence-electron chi connectivity index (χ4n) is 6.10. The van der Waals surface area contributed by atoms with E-state index in [2.05, 4.69) is 39.1 Å². The predicted molar refractivity (Wildman–Crippen MR) is 150 cm³/mol. The molecule has 0 radical (unpaired) electrons. The van der Waals surface area contributed by atoms with E-state index in [-0.39, 0.29) is 22.4 Å². The molecule has 0 spiro atoms. The summed E-state index contributed by atoms with van der Waals surface area (Å²) in [5, 5.41) is 16.3. The Labute approximate surface area is 223 Å². The second kappa shape index (κ2) is 8.39. The highest BCUT2D eigenvalue weighted by atomic mass is 35.5. The van der Waals surface area contributed by atoms with E-state index in [0.29, 0.717) is 34.0 Å². The molecule has 0 aromatic heterocycles. The first-order valence-electron chi connectivity index (χ1n) is 12.5. The minimum absolute atomic E-state index is 0.0917. The maximum atomic E-state index is 13.8. The molecule has 0 amide bonds. The Hall–Kier alpha value is -2.75. The molecule has 3 nitrogen and oxygen atoms in total. The van der Waals surface area contributed by atoms with Crippen molar-refractivity contribution >= 4 is 40.7 Å². The highest BCUT2D eigenvalue weighted by molar-refractivity contribution is 6.31. The Morgan fingerprint density at radius 3 is 2.11 bits per heavy atom. The first-order chi connectivity index (χ1) is 16.9. The zero-order valence-electron chi connectivity index (χ0n) is 21.6. The van der Waals surface area contributed by atoms with E-state index in [9.17, 15) is 9.90 Å². The summed E-state index contributed by atoms with van der Waals surface area (Å²) in [5.41, 5.74) is 8.22. The number of carbonyl (C=O) groups is 1. The molecule has 5 heteroatoms. The van der Waals surface area contributed by atoms with Crippen LogP contribution in [0.4, 0.5) is 5.69 Å². The van der Waals surface area contributed by atoms with Crippen molar-refractivity contribution in [2.45, 2.75) is 65.2 Å². The molecule has 0 unspecified atom stereocenters. The topological polar surface area (TPSA) is 49.3 Å². The predicted octanol–water partition coefficient (Wildman–Crippen LogP) is 8.84. The van der Waals surface area contributed by atoms with Gasteiger partial charge < -0.3 is 10.4 Å². The average Bonchev–Trinajstić information content (AvgIpc) is 3.24. The second-order valence-electron chi connectivity index (χ2n) is 10.8. The van der Waals surface area contributed by atoms with Crippen LogP contribution in [0.2, 0.25) is 10.0 Å². The molecule has 1 aliphatic heterocycles. The Bertz CT molecular complexity index is 1470. The van der Waals surface area contributed by atoms with Crippen LogP contribution in [-0.2, 0) is 15.6 Å². The molecule has 2 aliphatic carbocycles. The number of hydrogen-bond acceptors (Lipinski definition) is 3. The molecule has 1 heterocycles. The van der Waals surface area contributed by atoms with Gasteiger partial charge in [-0.15, -0.1) is 0 Å². The van der Waals surface area contributed by atoms with Gasteiger partial charge in [0.1, 0.15) is 5.76 Å². The molecule has 0 atom stereocenters. The second-order valence-corrected chi connectivity index (χ2v) is 11.7. The lowest BCUT2D eigenvalue weighted by molar-refractivity contribution is -0.113. The van der Waals surface area contributed by atoms with Gasteiger partial charge in [-0.05, 0) is 76.6 Å². The zero-order valence-corrected chi connectivity index (χ0v) is 23.1. The molecule has 2 N–H and O–H groups in total. The van der Waals surface area contributed by atoms with Crippen molar-refractivity contribution in [3.8, 4) is 0 Å². The lowest BCUT2D eigenvalue weighted by Gasteiger charge is -2.33. The molecule has 2 aromatic carbocycles. The van der Waals surface area contributed by atoms with Gasteiger partial charge in [0, 0.05) is 32.3 Å². The standard InChI is InChI=1S/C31H31Cl2NO2/c1-7-19(22-13-16-9-10-17(32)14-21(16)30(22,3)4)25-27(35)26(28(25)36)20(8-2)29-31(5,6)23-15-18(33)11-12-24(23)34-29/h9-15,34-35H,7-8H2,1-6H3/b25-19+,29-20+. The van der Waals surface area contributed by atoms with Gasteiger partial charge in [-0.2, -0.15) is 0 Å². The van der Waals surface area contributed by atoms with Crippen molar-refractivity contribution in [3.05, 3.63) is 102 Å². The number of anilines is 1. The highest BCUT2D eigenvalue weighted by Crippen LogP contribution is 2.52. The van der Waals surface area contributed by atoms with E-state index in [4.69, 9.17) is 23.2 Å². The number of aliphatic hydroxyl groups excluding tert-OH is 1. The fraction of sp³-hybridized carbons (Fsp3) is 0.323. The summed E-state index contributed by atoms with van der Waals surface area (Å²) in [6, 6.07) is 11.7. The van der Waals surface area contributed by atoms with Crippen molar-refractivity contribution in [1.82, 2.24) is 0 Å². The zero-order chi connectivity index (χ0) is 26.2. The number of halogens is 2. The first-order valence-corrected chi connectivity index (χ1v) is 13.2. The van der Waals surface area contributed by atoms with E-state index in [1.165, 1.54) is 0 Å². The number of benzene rings is 2. The fourth-order valence-corrected chi connectivity index (χ4v) is 6.45. The van der Waals surface area contributed by atoms with Crippen LogP contribution in [0.1, 0.15) is 71.1 Å². The molecular formula is C31H31Cl2NO2. The van der Waals surface area contributed by atoms with Gasteiger partial charge >= 0.3 is 0 Å². The van der Waals surface area contributed by atoms with Crippen molar-refractivity contribution in [2.75, 3.05) is 5.32 Å². The lowest BCUT2D eigenvalue weighted by Crippen LogP contribution is -2.30. The quantitative estimate of drug-likeness (QED) is 0.396. The van der Waals surface area contributed by atoms with Crippen LogP contribution < -0.4 is 5.32 Å². The Kier molecular flexibility index (Phi) is 5.81. The van der Waals surface area contributed by atoms with E-state index in [1.54, 1.807) is 0 Å². The number of carbonyl (C=O) groups excluding carboxylic acids is 1. The molecule has 5 rings (SSSR count). The number of nitrogens with one attached hydrogen (secondary N) is 1. The summed E-state index contributed by atoms with van der Waals surface area (Å²) < 4.78 is 0. The van der Waals surface area contributed by atoms with Gasteiger partial charge in [0.15, 0.2) is 0 Å². The summed E-state index contributed by atoms with van der Waals surface area (Å²) in [4.78, 5) is 13.8. The Balaban J connectivity index is 1.63. The van der Waals surface area contributed by atoms with Gasteiger partial charge in [-0.1, -0.05) is 76.9 Å². The third-order valence-corrected chi connectivity index (χ3v) is 8.54. The number of ketones is 1. The number of aliphatic hydroxyl groups is 1. The third kappa shape index (κ3) is 3.43. The van der Waals surface area contributed by atoms with Crippen LogP contribution in [0.5, 0.6) is 0 Å². The van der Waals surface area contributed by atoms with E-state index in [0.717, 1.165) is 44.8 Å². The molecule has 3 aliphatic rings. The molecule has 0 saturated heterocycles. The van der Waals surface area contributed by atoms with Gasteiger partial charge in [-0.25, -0.2) is 0 Å². The number of fused-ring (bicyclic) bond motifs is 2. The minimum atomic E-state index is -0.372. The maximum absolute atomic E-state index is 13.8.